The molecule has 0 saturated carbocycles. The molecule has 1 rings (SSSR count). The molecule has 0 atom stereocenters. The summed E-state index contributed by atoms with van der Waals surface area (Å²) in [6.45, 7) is 11.4. The molecule has 0 unspecified atom stereocenters. The molecule has 0 bridgehead atoms. The maximum Gasteiger partial charge on any atom is 0.00395 e. The van der Waals surface area contributed by atoms with Gasteiger partial charge in [0.2, 0.25) is 0 Å². The Morgan fingerprint density at radius 1 is 0.875 bits per heavy atom. The smallest absolute Gasteiger partial charge is 0.00395 e. The Bertz CT molecular complexity index is 327. The SMILES string of the molecule is CC(C)(C)c1ccc(C(C)(C)CCBr)cc1. The van der Waals surface area contributed by atoms with Gasteiger partial charge in [0, 0.05) is 5.33 Å². The van der Waals surface area contributed by atoms with Crippen LogP contribution in [-0.2, 0) is 10.8 Å². The minimum absolute atomic E-state index is 0.248. The average molecular weight is 283 g/mol. The van der Waals surface area contributed by atoms with Crippen LogP contribution in [0, 0.1) is 0 Å². The number of rotatable bonds is 3. The van der Waals surface area contributed by atoms with Gasteiger partial charge >= 0.3 is 0 Å². The van der Waals surface area contributed by atoms with E-state index in [-0.39, 0.29) is 10.8 Å². The number of alkyl halides is 1. The minimum Gasteiger partial charge on any atom is -0.0928 e. The van der Waals surface area contributed by atoms with E-state index in [9.17, 15) is 0 Å². The van der Waals surface area contributed by atoms with E-state index in [1.54, 1.807) is 0 Å². The van der Waals surface area contributed by atoms with Crippen molar-refractivity contribution in [2.75, 3.05) is 5.33 Å². The molecule has 0 heterocycles. The van der Waals surface area contributed by atoms with E-state index in [0.29, 0.717) is 0 Å². The summed E-state index contributed by atoms with van der Waals surface area (Å²) >= 11 is 3.53. The van der Waals surface area contributed by atoms with Gasteiger partial charge in [-0.15, -0.1) is 0 Å². The van der Waals surface area contributed by atoms with Crippen LogP contribution in [0.1, 0.15) is 52.2 Å². The van der Waals surface area contributed by atoms with Crippen molar-refractivity contribution >= 4 is 15.9 Å². The van der Waals surface area contributed by atoms with Crippen molar-refractivity contribution in [2.45, 2.75) is 51.9 Å². The van der Waals surface area contributed by atoms with Crippen LogP contribution >= 0.6 is 15.9 Å². The molecular formula is C15H23Br. The van der Waals surface area contributed by atoms with Crippen LogP contribution in [0.3, 0.4) is 0 Å². The van der Waals surface area contributed by atoms with Crippen LogP contribution < -0.4 is 0 Å². The topological polar surface area (TPSA) is 0 Å². The van der Waals surface area contributed by atoms with Gasteiger partial charge in [0.1, 0.15) is 0 Å². The first-order chi connectivity index (χ1) is 7.27. The third-order valence-corrected chi connectivity index (χ3v) is 3.65. The number of hydrogen-bond donors (Lipinski definition) is 0. The highest BCUT2D eigenvalue weighted by molar-refractivity contribution is 9.09. The molecule has 1 heteroatoms. The Morgan fingerprint density at radius 3 is 1.69 bits per heavy atom. The molecule has 0 saturated heterocycles. The summed E-state index contributed by atoms with van der Waals surface area (Å²) in [5.74, 6) is 0. The summed E-state index contributed by atoms with van der Waals surface area (Å²) in [6, 6.07) is 9.10. The van der Waals surface area contributed by atoms with Crippen molar-refractivity contribution < 1.29 is 0 Å². The monoisotopic (exact) mass is 282 g/mol. The van der Waals surface area contributed by atoms with E-state index in [2.05, 4.69) is 74.8 Å². The standard InChI is InChI=1S/C15H23Br/c1-14(2,3)12-6-8-13(9-7-12)15(4,5)10-11-16/h6-9H,10-11H2,1-5H3. The number of benzene rings is 1. The average Bonchev–Trinajstić information content (AvgIpc) is 2.16. The summed E-state index contributed by atoms with van der Waals surface area (Å²) < 4.78 is 0. The highest BCUT2D eigenvalue weighted by Crippen LogP contribution is 2.30. The molecule has 90 valence electrons. The minimum atomic E-state index is 0.248. The van der Waals surface area contributed by atoms with Crippen molar-refractivity contribution in [3.63, 3.8) is 0 Å². The van der Waals surface area contributed by atoms with Crippen LogP contribution in [0.2, 0.25) is 0 Å². The summed E-state index contributed by atoms with van der Waals surface area (Å²) in [5.41, 5.74) is 3.35. The quantitative estimate of drug-likeness (QED) is 0.681. The van der Waals surface area contributed by atoms with Crippen molar-refractivity contribution in [1.82, 2.24) is 0 Å². The maximum absolute atomic E-state index is 3.53. The predicted octanol–water partition coefficient (Wildman–Crippen LogP) is 5.05. The van der Waals surface area contributed by atoms with E-state index in [0.717, 1.165) is 5.33 Å². The van der Waals surface area contributed by atoms with Crippen LogP contribution in [0.4, 0.5) is 0 Å². The first-order valence-electron chi connectivity index (χ1n) is 5.94. The molecule has 1 aromatic rings. The predicted molar refractivity (Wildman–Crippen MR) is 76.6 cm³/mol. The summed E-state index contributed by atoms with van der Waals surface area (Å²) in [5, 5.41) is 1.06. The Balaban J connectivity index is 2.95. The van der Waals surface area contributed by atoms with Crippen LogP contribution in [0.15, 0.2) is 24.3 Å². The van der Waals surface area contributed by atoms with E-state index >= 15 is 0 Å². The number of hydrogen-bond acceptors (Lipinski definition) is 0. The Kier molecular flexibility index (Phi) is 4.23. The van der Waals surface area contributed by atoms with Crippen molar-refractivity contribution in [3.8, 4) is 0 Å². The van der Waals surface area contributed by atoms with Gasteiger partial charge in [-0.3, -0.25) is 0 Å². The second kappa shape index (κ2) is 4.91. The van der Waals surface area contributed by atoms with Crippen LogP contribution in [0.5, 0.6) is 0 Å². The molecule has 0 N–H and O–H groups in total. The van der Waals surface area contributed by atoms with Gasteiger partial charge in [-0.2, -0.15) is 0 Å². The van der Waals surface area contributed by atoms with Gasteiger partial charge in [0.25, 0.3) is 0 Å². The van der Waals surface area contributed by atoms with Crippen LogP contribution in [-0.4, -0.2) is 5.33 Å². The highest BCUT2D eigenvalue weighted by atomic mass is 79.9. The second-order valence-corrected chi connectivity index (χ2v) is 6.94. The van der Waals surface area contributed by atoms with E-state index in [1.165, 1.54) is 17.5 Å². The van der Waals surface area contributed by atoms with Gasteiger partial charge in [0.05, 0.1) is 0 Å². The van der Waals surface area contributed by atoms with Gasteiger partial charge in [-0.05, 0) is 28.4 Å². The van der Waals surface area contributed by atoms with Crippen molar-refractivity contribution in [1.29, 1.82) is 0 Å². The molecule has 0 aliphatic rings. The highest BCUT2D eigenvalue weighted by Gasteiger charge is 2.20. The first kappa shape index (κ1) is 13.8. The number of halogens is 1. The Labute approximate surface area is 109 Å². The second-order valence-electron chi connectivity index (χ2n) is 6.15. The van der Waals surface area contributed by atoms with Crippen molar-refractivity contribution in [2.24, 2.45) is 0 Å². The van der Waals surface area contributed by atoms with E-state index in [4.69, 9.17) is 0 Å². The van der Waals surface area contributed by atoms with Gasteiger partial charge in [-0.25, -0.2) is 0 Å². The Morgan fingerprint density at radius 2 is 1.31 bits per heavy atom. The van der Waals surface area contributed by atoms with Crippen molar-refractivity contribution in [3.05, 3.63) is 35.4 Å². The van der Waals surface area contributed by atoms with Gasteiger partial charge in [0.15, 0.2) is 0 Å². The summed E-state index contributed by atoms with van der Waals surface area (Å²) in [6.07, 6.45) is 1.17. The summed E-state index contributed by atoms with van der Waals surface area (Å²) in [7, 11) is 0. The molecule has 0 nitrogen and oxygen atoms in total. The lowest BCUT2D eigenvalue weighted by Gasteiger charge is -2.26. The van der Waals surface area contributed by atoms with E-state index < -0.39 is 0 Å². The molecule has 0 aromatic heterocycles. The first-order valence-corrected chi connectivity index (χ1v) is 7.06. The zero-order valence-corrected chi connectivity index (χ0v) is 12.7. The Hall–Kier alpha value is -0.300. The maximum atomic E-state index is 3.53. The summed E-state index contributed by atoms with van der Waals surface area (Å²) in [4.78, 5) is 0. The van der Waals surface area contributed by atoms with E-state index in [1.807, 2.05) is 0 Å². The molecule has 16 heavy (non-hydrogen) atoms. The zero-order chi connectivity index (χ0) is 12.4. The van der Waals surface area contributed by atoms with Gasteiger partial charge < -0.3 is 0 Å². The normalized spacial score (nSPS) is 12.9. The third-order valence-electron chi connectivity index (χ3n) is 3.25. The lowest BCUT2D eigenvalue weighted by molar-refractivity contribution is 0.511. The fourth-order valence-electron chi connectivity index (χ4n) is 1.80. The fourth-order valence-corrected chi connectivity index (χ4v) is 2.79. The molecule has 0 radical (unpaired) electrons. The molecule has 1 aromatic carbocycles. The largest absolute Gasteiger partial charge is 0.0928 e. The molecular weight excluding hydrogens is 260 g/mol. The zero-order valence-electron chi connectivity index (χ0n) is 11.1. The molecule has 0 amide bonds. The fraction of sp³-hybridized carbons (Fsp3) is 0.600. The molecule has 0 fully saturated rings. The lowest BCUT2D eigenvalue weighted by atomic mass is 9.80. The molecule has 0 spiro atoms. The molecule has 0 aliphatic carbocycles. The molecule has 0 aliphatic heterocycles. The third kappa shape index (κ3) is 3.35. The van der Waals surface area contributed by atoms with Gasteiger partial charge in [-0.1, -0.05) is 74.8 Å². The lowest BCUT2D eigenvalue weighted by Crippen LogP contribution is -2.18. The van der Waals surface area contributed by atoms with Crippen LogP contribution in [0.25, 0.3) is 0 Å².